The molecule has 1 saturated heterocycles. The molecule has 1 aliphatic rings. The van der Waals surface area contributed by atoms with Crippen LogP contribution in [0.2, 0.25) is 5.02 Å². The van der Waals surface area contributed by atoms with E-state index in [4.69, 9.17) is 16.3 Å². The van der Waals surface area contributed by atoms with Crippen molar-refractivity contribution in [2.24, 2.45) is 5.92 Å². The highest BCUT2D eigenvalue weighted by Gasteiger charge is 2.22. The molecule has 5 nitrogen and oxygen atoms in total. The maximum atomic E-state index is 5.84. The van der Waals surface area contributed by atoms with Crippen LogP contribution < -0.4 is 9.64 Å². The number of ether oxygens (including phenoxy) is 1. The molecule has 0 aliphatic carbocycles. The highest BCUT2D eigenvalue weighted by atomic mass is 35.5. The third-order valence-corrected chi connectivity index (χ3v) is 3.93. The van der Waals surface area contributed by atoms with Crippen molar-refractivity contribution in [3.8, 4) is 5.88 Å². The van der Waals surface area contributed by atoms with Gasteiger partial charge in [0.25, 0.3) is 0 Å². The lowest BCUT2D eigenvalue weighted by atomic mass is 9.99. The molecule has 0 amide bonds. The molecule has 0 saturated carbocycles. The smallest absolute Gasteiger partial charge is 0.225 e. The molecular weight excluding hydrogens is 300 g/mol. The minimum atomic E-state index is 0.454. The molecule has 22 heavy (non-hydrogen) atoms. The zero-order valence-corrected chi connectivity index (χ0v) is 13.3. The van der Waals surface area contributed by atoms with Crippen LogP contribution in [-0.4, -0.2) is 34.6 Å². The van der Waals surface area contributed by atoms with Crippen LogP contribution in [-0.2, 0) is 0 Å². The van der Waals surface area contributed by atoms with Crippen LogP contribution >= 0.6 is 11.6 Å². The fourth-order valence-corrected chi connectivity index (χ4v) is 2.75. The van der Waals surface area contributed by atoms with Gasteiger partial charge in [0, 0.05) is 30.8 Å². The van der Waals surface area contributed by atoms with Crippen molar-refractivity contribution >= 4 is 17.5 Å². The van der Waals surface area contributed by atoms with Crippen molar-refractivity contribution in [2.75, 3.05) is 24.6 Å². The van der Waals surface area contributed by atoms with Gasteiger partial charge in [-0.15, -0.1) is 0 Å². The molecule has 0 radical (unpaired) electrons. The van der Waals surface area contributed by atoms with Gasteiger partial charge >= 0.3 is 0 Å². The van der Waals surface area contributed by atoms with Crippen LogP contribution in [0.4, 0.5) is 5.95 Å². The average Bonchev–Trinajstić information content (AvgIpc) is 2.54. The molecule has 6 heteroatoms. The molecule has 1 aliphatic heterocycles. The second kappa shape index (κ2) is 6.92. The third-order valence-electron chi connectivity index (χ3n) is 3.74. The molecule has 0 N–H and O–H groups in total. The number of nitrogens with zero attached hydrogens (tertiary/aromatic N) is 4. The van der Waals surface area contributed by atoms with Crippen molar-refractivity contribution in [3.05, 3.63) is 41.3 Å². The maximum absolute atomic E-state index is 5.84. The second-order valence-corrected chi connectivity index (χ2v) is 6.02. The minimum absolute atomic E-state index is 0.454. The van der Waals surface area contributed by atoms with E-state index in [1.54, 1.807) is 12.4 Å². The lowest BCUT2D eigenvalue weighted by Crippen LogP contribution is -2.38. The van der Waals surface area contributed by atoms with E-state index < -0.39 is 0 Å². The Morgan fingerprint density at radius 1 is 1.32 bits per heavy atom. The average molecular weight is 319 g/mol. The summed E-state index contributed by atoms with van der Waals surface area (Å²) < 4.78 is 5.83. The molecule has 1 unspecified atom stereocenters. The Balaban J connectivity index is 1.57. The van der Waals surface area contributed by atoms with Crippen LogP contribution in [0, 0.1) is 12.8 Å². The molecular formula is C16H19ClN4O. The van der Waals surface area contributed by atoms with E-state index in [9.17, 15) is 0 Å². The van der Waals surface area contributed by atoms with E-state index in [1.165, 1.54) is 0 Å². The molecule has 3 heterocycles. The van der Waals surface area contributed by atoms with Crippen molar-refractivity contribution in [2.45, 2.75) is 19.8 Å². The molecule has 2 aromatic heterocycles. The number of aromatic nitrogens is 3. The summed E-state index contributed by atoms with van der Waals surface area (Å²) in [6.07, 6.45) is 5.54. The van der Waals surface area contributed by atoms with E-state index in [2.05, 4.69) is 19.9 Å². The van der Waals surface area contributed by atoms with Crippen LogP contribution in [0.3, 0.4) is 0 Å². The van der Waals surface area contributed by atoms with E-state index in [1.807, 2.05) is 25.1 Å². The number of halogens is 1. The fourth-order valence-electron chi connectivity index (χ4n) is 2.65. The maximum Gasteiger partial charge on any atom is 0.225 e. The number of piperidine rings is 1. The van der Waals surface area contributed by atoms with E-state index in [-0.39, 0.29) is 0 Å². The summed E-state index contributed by atoms with van der Waals surface area (Å²) in [6.45, 7) is 4.50. The van der Waals surface area contributed by atoms with Gasteiger partial charge in [-0.25, -0.2) is 15.0 Å². The van der Waals surface area contributed by atoms with Gasteiger partial charge in [-0.05, 0) is 25.8 Å². The number of aryl methyl sites for hydroxylation is 1. The Hall–Kier alpha value is -1.88. The molecule has 116 valence electrons. The third kappa shape index (κ3) is 3.85. The number of pyridine rings is 1. The standard InChI is InChI=1S/C16H19ClN4O/c1-12-4-2-6-15(20-12)22-11-13-5-3-7-21(10-13)16-18-8-14(17)9-19-16/h2,4,6,8-9,13H,3,5,7,10-11H2,1H3. The van der Waals surface area contributed by atoms with Crippen molar-refractivity contribution in [3.63, 3.8) is 0 Å². The Labute approximate surface area is 135 Å². The largest absolute Gasteiger partial charge is 0.477 e. The molecule has 2 aromatic rings. The highest BCUT2D eigenvalue weighted by Crippen LogP contribution is 2.21. The van der Waals surface area contributed by atoms with Gasteiger partial charge in [-0.1, -0.05) is 17.7 Å². The minimum Gasteiger partial charge on any atom is -0.477 e. The summed E-state index contributed by atoms with van der Waals surface area (Å²) in [5.41, 5.74) is 0.970. The van der Waals surface area contributed by atoms with Crippen molar-refractivity contribution < 1.29 is 4.74 Å². The lowest BCUT2D eigenvalue weighted by Gasteiger charge is -2.32. The van der Waals surface area contributed by atoms with E-state index in [0.717, 1.165) is 37.6 Å². The van der Waals surface area contributed by atoms with E-state index >= 15 is 0 Å². The topological polar surface area (TPSA) is 51.1 Å². The first-order valence-corrected chi connectivity index (χ1v) is 7.87. The van der Waals surface area contributed by atoms with Gasteiger partial charge in [0.1, 0.15) is 0 Å². The second-order valence-electron chi connectivity index (χ2n) is 5.58. The monoisotopic (exact) mass is 318 g/mol. The van der Waals surface area contributed by atoms with Gasteiger partial charge in [0.15, 0.2) is 0 Å². The van der Waals surface area contributed by atoms with Gasteiger partial charge in [-0.3, -0.25) is 0 Å². The predicted octanol–water partition coefficient (Wildman–Crippen LogP) is 3.13. The zero-order chi connectivity index (χ0) is 15.4. The molecule has 3 rings (SSSR count). The van der Waals surface area contributed by atoms with Crippen LogP contribution in [0.5, 0.6) is 5.88 Å². The number of hydrogen-bond donors (Lipinski definition) is 0. The summed E-state index contributed by atoms with van der Waals surface area (Å²) in [4.78, 5) is 15.2. The zero-order valence-electron chi connectivity index (χ0n) is 12.6. The van der Waals surface area contributed by atoms with Crippen LogP contribution in [0.25, 0.3) is 0 Å². The SMILES string of the molecule is Cc1cccc(OCC2CCCN(c3ncc(Cl)cn3)C2)n1. The van der Waals surface area contributed by atoms with E-state index in [0.29, 0.717) is 23.4 Å². The summed E-state index contributed by atoms with van der Waals surface area (Å²) >= 11 is 5.84. The Morgan fingerprint density at radius 2 is 2.14 bits per heavy atom. The molecule has 0 aromatic carbocycles. The number of anilines is 1. The molecule has 0 spiro atoms. The first kappa shape index (κ1) is 15.0. The number of rotatable bonds is 4. The summed E-state index contributed by atoms with van der Waals surface area (Å²) in [5.74, 6) is 1.89. The molecule has 1 fully saturated rings. The quantitative estimate of drug-likeness (QED) is 0.867. The number of hydrogen-bond acceptors (Lipinski definition) is 5. The van der Waals surface area contributed by atoms with Crippen molar-refractivity contribution in [1.82, 2.24) is 15.0 Å². The Kier molecular flexibility index (Phi) is 4.73. The van der Waals surface area contributed by atoms with Gasteiger partial charge in [-0.2, -0.15) is 0 Å². The van der Waals surface area contributed by atoms with Gasteiger partial charge in [0.2, 0.25) is 11.8 Å². The van der Waals surface area contributed by atoms with Crippen LogP contribution in [0.1, 0.15) is 18.5 Å². The van der Waals surface area contributed by atoms with Gasteiger partial charge in [0.05, 0.1) is 24.0 Å². The van der Waals surface area contributed by atoms with Crippen molar-refractivity contribution in [1.29, 1.82) is 0 Å². The first-order valence-electron chi connectivity index (χ1n) is 7.49. The fraction of sp³-hybridized carbons (Fsp3) is 0.438. The Morgan fingerprint density at radius 3 is 2.91 bits per heavy atom. The molecule has 0 bridgehead atoms. The predicted molar refractivity (Wildman–Crippen MR) is 86.4 cm³/mol. The molecule has 1 atom stereocenters. The summed E-state index contributed by atoms with van der Waals surface area (Å²) in [6, 6.07) is 5.83. The van der Waals surface area contributed by atoms with Crippen LogP contribution in [0.15, 0.2) is 30.6 Å². The first-order chi connectivity index (χ1) is 10.7. The summed E-state index contributed by atoms with van der Waals surface area (Å²) in [7, 11) is 0. The Bertz CT molecular complexity index is 620. The summed E-state index contributed by atoms with van der Waals surface area (Å²) in [5, 5.41) is 0.561. The lowest BCUT2D eigenvalue weighted by molar-refractivity contribution is 0.221. The normalized spacial score (nSPS) is 18.3. The van der Waals surface area contributed by atoms with Gasteiger partial charge < -0.3 is 9.64 Å². The highest BCUT2D eigenvalue weighted by molar-refractivity contribution is 6.30.